The van der Waals surface area contributed by atoms with Crippen molar-refractivity contribution in [3.05, 3.63) is 423 Å². The Hall–Kier alpha value is -14.3. The summed E-state index contributed by atoms with van der Waals surface area (Å²) in [7, 11) is 0. The lowest BCUT2D eigenvalue weighted by Gasteiger charge is -2.24. The quantitative estimate of drug-likeness (QED) is 0.110. The molecule has 0 heteroatoms. The summed E-state index contributed by atoms with van der Waals surface area (Å²) in [4.78, 5) is 0. The highest BCUT2D eigenvalue weighted by molar-refractivity contribution is 6.27. The van der Waals surface area contributed by atoms with Crippen molar-refractivity contribution in [3.63, 3.8) is 0 Å². The molecule has 0 spiro atoms. The van der Waals surface area contributed by atoms with Crippen molar-refractivity contribution in [2.75, 3.05) is 0 Å². The molecule has 0 aliphatic heterocycles. The molecule has 0 heterocycles. The van der Waals surface area contributed by atoms with Gasteiger partial charge >= 0.3 is 0 Å². The molecule has 0 fully saturated rings. The second kappa shape index (κ2) is 26.1. The Labute approximate surface area is 675 Å². The highest BCUT2D eigenvalue weighted by Gasteiger charge is 2.40. The third kappa shape index (κ3) is 10.4. The first kappa shape index (κ1) is 67.4. The SMILES string of the molecule is CC1(C)c2ccc(-c3ccc(-c4ccc5c(-c6ccc7ccccc7c6)c6ccccc6c(-c6ccc7ccccc7c6)c5c4)cc3)cc2-c2ccc3ccccc3c21.CC1(C)c2ccc(-c3ccc4c(-c5cccc6ccccc56)c5ccccc5c(-c5cccc6ccccc56)c4c3)cc2-c2c1c1ccccc1c1ccccc21. The first-order valence-corrected chi connectivity index (χ1v) is 40.8. The van der Waals surface area contributed by atoms with E-state index < -0.39 is 0 Å². The van der Waals surface area contributed by atoms with Crippen LogP contribution < -0.4 is 0 Å². The average Bonchev–Trinajstić information content (AvgIpc) is 1.63. The molecule has 0 amide bonds. The molecule has 542 valence electrons. The first-order chi connectivity index (χ1) is 57.1. The van der Waals surface area contributed by atoms with Crippen LogP contribution in [-0.4, -0.2) is 0 Å². The van der Waals surface area contributed by atoms with Gasteiger partial charge in [-0.2, -0.15) is 0 Å². The molecule has 2 aliphatic carbocycles. The summed E-state index contributed by atoms with van der Waals surface area (Å²) < 4.78 is 0. The third-order valence-electron chi connectivity index (χ3n) is 26.2. The summed E-state index contributed by atoms with van der Waals surface area (Å²) in [5.74, 6) is 0. The normalized spacial score (nSPS) is 13.1. The van der Waals surface area contributed by atoms with Gasteiger partial charge in [0.2, 0.25) is 0 Å². The van der Waals surface area contributed by atoms with Crippen molar-refractivity contribution in [3.8, 4) is 100 Å². The molecule has 2 aliphatic rings. The van der Waals surface area contributed by atoms with Gasteiger partial charge in [0.1, 0.15) is 0 Å². The molecule has 0 saturated heterocycles. The Kier molecular flexibility index (Phi) is 15.2. The number of benzene rings is 22. The average molecular weight is 1470 g/mol. The number of rotatable bonds is 7. The van der Waals surface area contributed by atoms with Crippen molar-refractivity contribution in [1.29, 1.82) is 0 Å². The molecule has 0 bridgehead atoms. The monoisotopic (exact) mass is 1470 g/mol. The van der Waals surface area contributed by atoms with E-state index in [4.69, 9.17) is 0 Å². The second-order valence-corrected chi connectivity index (χ2v) is 33.2. The van der Waals surface area contributed by atoms with E-state index in [1.807, 2.05) is 0 Å². The topological polar surface area (TPSA) is 0 Å². The summed E-state index contributed by atoms with van der Waals surface area (Å²) in [5.41, 5.74) is 28.4. The molecular formula is C116H78. The van der Waals surface area contributed by atoms with Gasteiger partial charge in [-0.1, -0.05) is 392 Å². The fourth-order valence-corrected chi connectivity index (χ4v) is 20.8. The Bertz CT molecular complexity index is 7930. The van der Waals surface area contributed by atoms with Gasteiger partial charge in [0.15, 0.2) is 0 Å². The van der Waals surface area contributed by atoms with Crippen LogP contribution in [0.3, 0.4) is 0 Å². The lowest BCUT2D eigenvalue weighted by molar-refractivity contribution is 0.666. The largest absolute Gasteiger partial charge is 0.0616 e. The van der Waals surface area contributed by atoms with Crippen LogP contribution >= 0.6 is 0 Å². The first-order valence-electron chi connectivity index (χ1n) is 40.8. The lowest BCUT2D eigenvalue weighted by Crippen LogP contribution is -2.15. The molecule has 0 N–H and O–H groups in total. The lowest BCUT2D eigenvalue weighted by atomic mass is 9.79. The van der Waals surface area contributed by atoms with Crippen molar-refractivity contribution in [1.82, 2.24) is 0 Å². The molecule has 0 nitrogen and oxygen atoms in total. The third-order valence-corrected chi connectivity index (χ3v) is 26.2. The van der Waals surface area contributed by atoms with Crippen molar-refractivity contribution in [2.24, 2.45) is 0 Å². The summed E-state index contributed by atoms with van der Waals surface area (Å²) in [6.07, 6.45) is 0. The molecule has 0 unspecified atom stereocenters. The minimum absolute atomic E-state index is 0.0603. The van der Waals surface area contributed by atoms with E-state index >= 15 is 0 Å². The minimum atomic E-state index is -0.135. The zero-order chi connectivity index (χ0) is 77.1. The van der Waals surface area contributed by atoms with Gasteiger partial charge in [0.25, 0.3) is 0 Å². The highest BCUT2D eigenvalue weighted by atomic mass is 14.4. The fourth-order valence-electron chi connectivity index (χ4n) is 20.8. The maximum atomic E-state index is 2.48. The Morgan fingerprint density at radius 1 is 0.138 bits per heavy atom. The molecule has 0 saturated carbocycles. The van der Waals surface area contributed by atoms with E-state index in [1.165, 1.54) is 241 Å². The molecule has 24 rings (SSSR count). The number of hydrogen-bond acceptors (Lipinski definition) is 0. The van der Waals surface area contributed by atoms with Crippen LogP contribution in [0.2, 0.25) is 0 Å². The Morgan fingerprint density at radius 2 is 0.448 bits per heavy atom. The number of hydrogen-bond donors (Lipinski definition) is 0. The second-order valence-electron chi connectivity index (χ2n) is 33.2. The van der Waals surface area contributed by atoms with Crippen molar-refractivity contribution >= 4 is 118 Å². The Morgan fingerprint density at radius 3 is 0.991 bits per heavy atom. The van der Waals surface area contributed by atoms with E-state index in [9.17, 15) is 0 Å². The van der Waals surface area contributed by atoms with Crippen LogP contribution in [-0.2, 0) is 10.8 Å². The van der Waals surface area contributed by atoms with Gasteiger partial charge in [-0.3, -0.25) is 0 Å². The van der Waals surface area contributed by atoms with Gasteiger partial charge < -0.3 is 0 Å². The van der Waals surface area contributed by atoms with E-state index in [1.54, 1.807) is 0 Å². The minimum Gasteiger partial charge on any atom is -0.0616 e. The zero-order valence-corrected chi connectivity index (χ0v) is 65.1. The van der Waals surface area contributed by atoms with Crippen LogP contribution in [0.25, 0.3) is 219 Å². The van der Waals surface area contributed by atoms with E-state index in [0.29, 0.717) is 0 Å². The smallest absolute Gasteiger partial charge is 0.0165 e. The van der Waals surface area contributed by atoms with Crippen LogP contribution in [0.4, 0.5) is 0 Å². The standard InChI is InChI=1S/C59H40.C57H38/c1-59(2)55-32-29-45(35-53(55)52-31-27-41-13-7-8-16-48(41)58(52)59)40-21-19-39(20-22-40)44-28-30-51-54(36-44)57(47-26-24-38-12-4-6-15-43(38)34-47)50-18-10-9-17-49(50)56(51)46-25-23-37-11-3-5-14-42(37)33-46;1-57(2)52-32-30-38(34-51(52)55-45-23-9-7-21-41(45)42-22-8-12-26-49(42)56(55)57)37-29-31-48-50(33-37)54(44-28-14-18-36-16-4-6-20-40(36)44)47-25-11-10-24-46(47)53(48)43-27-13-17-35-15-3-5-19-39(35)43/h3-36H,1-2H3;3-34H,1-2H3. The Balaban J connectivity index is 0.000000137. The summed E-state index contributed by atoms with van der Waals surface area (Å²) in [6.45, 7) is 9.57. The van der Waals surface area contributed by atoms with E-state index in [-0.39, 0.29) is 10.8 Å². The molecular weight excluding hydrogens is 1390 g/mol. The summed E-state index contributed by atoms with van der Waals surface area (Å²) in [6, 6.07) is 150. The van der Waals surface area contributed by atoms with E-state index in [2.05, 4.69) is 428 Å². The summed E-state index contributed by atoms with van der Waals surface area (Å²) >= 11 is 0. The predicted octanol–water partition coefficient (Wildman–Crippen LogP) is 32.3. The van der Waals surface area contributed by atoms with Crippen molar-refractivity contribution in [2.45, 2.75) is 38.5 Å². The van der Waals surface area contributed by atoms with Gasteiger partial charge in [-0.25, -0.2) is 0 Å². The molecule has 0 aromatic heterocycles. The van der Waals surface area contributed by atoms with Gasteiger partial charge in [0, 0.05) is 10.8 Å². The molecule has 22 aromatic carbocycles. The zero-order valence-electron chi connectivity index (χ0n) is 65.1. The van der Waals surface area contributed by atoms with E-state index in [0.717, 1.165) is 0 Å². The molecule has 0 radical (unpaired) electrons. The highest BCUT2D eigenvalue weighted by Crippen LogP contribution is 2.58. The molecule has 116 heavy (non-hydrogen) atoms. The van der Waals surface area contributed by atoms with Crippen LogP contribution in [0, 0.1) is 0 Å². The predicted molar refractivity (Wildman–Crippen MR) is 499 cm³/mol. The number of fused-ring (bicyclic) bond motifs is 21. The van der Waals surface area contributed by atoms with Crippen LogP contribution in [0.1, 0.15) is 49.9 Å². The van der Waals surface area contributed by atoms with Gasteiger partial charge in [0.05, 0.1) is 0 Å². The molecule has 22 aromatic rings. The van der Waals surface area contributed by atoms with Gasteiger partial charge in [-0.15, -0.1) is 0 Å². The fraction of sp³-hybridized carbons (Fsp3) is 0.0517. The van der Waals surface area contributed by atoms with Crippen molar-refractivity contribution < 1.29 is 0 Å². The summed E-state index contributed by atoms with van der Waals surface area (Å²) in [5, 5.41) is 28.2. The maximum absolute atomic E-state index is 2.48. The maximum Gasteiger partial charge on any atom is 0.0165 e. The van der Waals surface area contributed by atoms with Crippen LogP contribution in [0.15, 0.2) is 400 Å². The molecule has 0 atom stereocenters. The van der Waals surface area contributed by atoms with Gasteiger partial charge in [-0.05, 0) is 277 Å². The van der Waals surface area contributed by atoms with Crippen LogP contribution in [0.5, 0.6) is 0 Å².